The van der Waals surface area contributed by atoms with Gasteiger partial charge in [-0.1, -0.05) is 65.7 Å². The Labute approximate surface area is 169 Å². The first-order chi connectivity index (χ1) is 14.0. The summed E-state index contributed by atoms with van der Waals surface area (Å²) in [6.45, 7) is 3.96. The van der Waals surface area contributed by atoms with Crippen molar-refractivity contribution in [2.75, 3.05) is 0 Å². The van der Waals surface area contributed by atoms with Gasteiger partial charge in [-0.05, 0) is 55.0 Å². The Kier molecular flexibility index (Phi) is 4.96. The van der Waals surface area contributed by atoms with Crippen LogP contribution in [0, 0.1) is 13.8 Å². The summed E-state index contributed by atoms with van der Waals surface area (Å²) in [7, 11) is 0. The highest BCUT2D eigenvalue weighted by Gasteiger charge is 2.11. The molecule has 4 rings (SSSR count). The molecule has 0 saturated carbocycles. The monoisotopic (exact) mass is 380 g/mol. The molecule has 142 valence electrons. The highest BCUT2D eigenvalue weighted by atomic mass is 16.5. The number of ether oxygens (including phenoxy) is 1. The molecule has 0 aliphatic carbocycles. The molecule has 3 heteroatoms. The average molecular weight is 380 g/mol. The third-order valence-electron chi connectivity index (χ3n) is 4.89. The van der Waals surface area contributed by atoms with E-state index >= 15 is 0 Å². The van der Waals surface area contributed by atoms with Gasteiger partial charge >= 0.3 is 5.97 Å². The maximum absolute atomic E-state index is 12.7. The Morgan fingerprint density at radius 3 is 1.76 bits per heavy atom. The Bertz CT molecular complexity index is 1200. The lowest BCUT2D eigenvalue weighted by molar-refractivity contribution is 0.0735. The van der Waals surface area contributed by atoms with Crippen molar-refractivity contribution < 1.29 is 14.3 Å². The number of hydrogen-bond acceptors (Lipinski definition) is 3. The largest absolute Gasteiger partial charge is 0.423 e. The molecule has 0 fully saturated rings. The van der Waals surface area contributed by atoms with Crippen LogP contribution in [0.2, 0.25) is 0 Å². The lowest BCUT2D eigenvalue weighted by Crippen LogP contribution is -2.08. The summed E-state index contributed by atoms with van der Waals surface area (Å²) < 4.78 is 5.50. The van der Waals surface area contributed by atoms with Crippen molar-refractivity contribution in [2.24, 2.45) is 0 Å². The van der Waals surface area contributed by atoms with E-state index in [0.29, 0.717) is 22.4 Å². The maximum atomic E-state index is 12.7. The number of carbonyl (C=O) groups is 2. The van der Waals surface area contributed by atoms with Crippen LogP contribution >= 0.6 is 0 Å². The fourth-order valence-electron chi connectivity index (χ4n) is 3.16. The minimum absolute atomic E-state index is 0.0122. The van der Waals surface area contributed by atoms with Crippen LogP contribution in [-0.2, 0) is 0 Å². The van der Waals surface area contributed by atoms with E-state index in [4.69, 9.17) is 4.74 Å². The molecule has 0 aliphatic rings. The summed E-state index contributed by atoms with van der Waals surface area (Å²) in [5.41, 5.74) is 4.01. The fraction of sp³-hybridized carbons (Fsp3) is 0.0769. The van der Waals surface area contributed by atoms with Crippen molar-refractivity contribution in [2.45, 2.75) is 13.8 Å². The lowest BCUT2D eigenvalue weighted by Gasteiger charge is -2.08. The molecule has 4 aromatic carbocycles. The molecule has 0 aromatic heterocycles. The van der Waals surface area contributed by atoms with Crippen molar-refractivity contribution in [3.8, 4) is 5.75 Å². The Hall–Kier alpha value is -3.72. The number of ketones is 1. The van der Waals surface area contributed by atoms with Crippen LogP contribution in [-0.4, -0.2) is 11.8 Å². The van der Waals surface area contributed by atoms with Gasteiger partial charge in [0.1, 0.15) is 5.75 Å². The van der Waals surface area contributed by atoms with Gasteiger partial charge in [-0.15, -0.1) is 0 Å². The van der Waals surface area contributed by atoms with Gasteiger partial charge in [0.2, 0.25) is 0 Å². The van der Waals surface area contributed by atoms with Crippen molar-refractivity contribution in [1.29, 1.82) is 0 Å². The van der Waals surface area contributed by atoms with Crippen LogP contribution in [0.3, 0.4) is 0 Å². The second kappa shape index (κ2) is 7.72. The van der Waals surface area contributed by atoms with Crippen LogP contribution in [0.15, 0.2) is 84.9 Å². The van der Waals surface area contributed by atoms with Gasteiger partial charge in [0.05, 0.1) is 5.56 Å². The predicted octanol–water partition coefficient (Wildman–Crippen LogP) is 5.91. The summed E-state index contributed by atoms with van der Waals surface area (Å²) in [6.07, 6.45) is 0. The summed E-state index contributed by atoms with van der Waals surface area (Å²) in [4.78, 5) is 25.0. The fourth-order valence-corrected chi connectivity index (χ4v) is 3.16. The molecule has 0 heterocycles. The van der Waals surface area contributed by atoms with E-state index in [1.165, 1.54) is 0 Å². The molecule has 0 N–H and O–H groups in total. The zero-order chi connectivity index (χ0) is 20.4. The zero-order valence-electron chi connectivity index (χ0n) is 16.3. The SMILES string of the molecule is Cc1ccc(C(=O)Oc2ccc3cc(C(=O)c4ccc(C)cc4)ccc3c2)cc1. The highest BCUT2D eigenvalue weighted by Crippen LogP contribution is 2.24. The van der Waals surface area contributed by atoms with Crippen LogP contribution < -0.4 is 4.74 Å². The third kappa shape index (κ3) is 4.09. The van der Waals surface area contributed by atoms with Gasteiger partial charge in [-0.25, -0.2) is 4.79 Å². The molecule has 0 atom stereocenters. The number of fused-ring (bicyclic) bond motifs is 1. The summed E-state index contributed by atoms with van der Waals surface area (Å²) in [6, 6.07) is 25.8. The first kappa shape index (κ1) is 18.6. The maximum Gasteiger partial charge on any atom is 0.343 e. The van der Waals surface area contributed by atoms with E-state index in [-0.39, 0.29) is 5.78 Å². The molecule has 0 spiro atoms. The minimum Gasteiger partial charge on any atom is -0.423 e. The number of aryl methyl sites for hydroxylation is 2. The summed E-state index contributed by atoms with van der Waals surface area (Å²) >= 11 is 0. The van der Waals surface area contributed by atoms with E-state index in [9.17, 15) is 9.59 Å². The van der Waals surface area contributed by atoms with E-state index in [1.54, 1.807) is 24.3 Å². The van der Waals surface area contributed by atoms with Crippen molar-refractivity contribution in [3.63, 3.8) is 0 Å². The van der Waals surface area contributed by atoms with Crippen molar-refractivity contribution in [1.82, 2.24) is 0 Å². The smallest absolute Gasteiger partial charge is 0.343 e. The summed E-state index contributed by atoms with van der Waals surface area (Å²) in [5.74, 6) is 0.0676. The van der Waals surface area contributed by atoms with Gasteiger partial charge in [-0.2, -0.15) is 0 Å². The summed E-state index contributed by atoms with van der Waals surface area (Å²) in [5, 5.41) is 1.82. The van der Waals surface area contributed by atoms with Gasteiger partial charge in [0.15, 0.2) is 5.78 Å². The van der Waals surface area contributed by atoms with E-state index in [2.05, 4.69) is 0 Å². The zero-order valence-corrected chi connectivity index (χ0v) is 16.3. The van der Waals surface area contributed by atoms with Gasteiger partial charge in [0, 0.05) is 11.1 Å². The van der Waals surface area contributed by atoms with E-state index in [0.717, 1.165) is 21.9 Å². The first-order valence-electron chi connectivity index (χ1n) is 9.44. The van der Waals surface area contributed by atoms with Crippen molar-refractivity contribution in [3.05, 3.63) is 113 Å². The highest BCUT2D eigenvalue weighted by molar-refractivity contribution is 6.10. The van der Waals surface area contributed by atoms with E-state index < -0.39 is 5.97 Å². The van der Waals surface area contributed by atoms with Gasteiger partial charge in [-0.3, -0.25) is 4.79 Å². The standard InChI is InChI=1S/C26H20O3/c1-17-3-7-19(8-4-17)25(27)23-12-11-22-16-24(14-13-21(22)15-23)29-26(28)20-9-5-18(2)6-10-20/h3-16H,1-2H3. The topological polar surface area (TPSA) is 43.4 Å². The number of hydrogen-bond donors (Lipinski definition) is 0. The molecule has 29 heavy (non-hydrogen) atoms. The molecule has 4 aromatic rings. The van der Waals surface area contributed by atoms with E-state index in [1.807, 2.05) is 74.5 Å². The quantitative estimate of drug-likeness (QED) is 0.251. The molecule has 0 radical (unpaired) electrons. The lowest BCUT2D eigenvalue weighted by atomic mass is 9.99. The second-order valence-electron chi connectivity index (χ2n) is 7.17. The molecule has 3 nitrogen and oxygen atoms in total. The molecular formula is C26H20O3. The van der Waals surface area contributed by atoms with Crippen LogP contribution in [0.5, 0.6) is 5.75 Å². The number of benzene rings is 4. The first-order valence-corrected chi connectivity index (χ1v) is 9.44. The van der Waals surface area contributed by atoms with Crippen LogP contribution in [0.25, 0.3) is 10.8 Å². The average Bonchev–Trinajstić information content (AvgIpc) is 2.74. The second-order valence-corrected chi connectivity index (χ2v) is 7.17. The Morgan fingerprint density at radius 1 is 0.586 bits per heavy atom. The molecule has 0 saturated heterocycles. The predicted molar refractivity (Wildman–Crippen MR) is 115 cm³/mol. The number of rotatable bonds is 4. The van der Waals surface area contributed by atoms with Crippen LogP contribution in [0.4, 0.5) is 0 Å². The Balaban J connectivity index is 1.56. The van der Waals surface area contributed by atoms with Gasteiger partial charge in [0.25, 0.3) is 0 Å². The Morgan fingerprint density at radius 2 is 1.10 bits per heavy atom. The van der Waals surface area contributed by atoms with Crippen LogP contribution in [0.1, 0.15) is 37.4 Å². The molecular weight excluding hydrogens is 360 g/mol. The number of esters is 1. The number of carbonyl (C=O) groups excluding carboxylic acids is 2. The molecule has 0 bridgehead atoms. The normalized spacial score (nSPS) is 10.7. The molecule has 0 unspecified atom stereocenters. The minimum atomic E-state index is -0.393. The van der Waals surface area contributed by atoms with Crippen molar-refractivity contribution >= 4 is 22.5 Å². The molecule has 0 aliphatic heterocycles. The third-order valence-corrected chi connectivity index (χ3v) is 4.89. The van der Waals surface area contributed by atoms with Gasteiger partial charge < -0.3 is 4.74 Å². The molecule has 0 amide bonds.